The normalized spacial score (nSPS) is 37.3. The van der Waals surface area contributed by atoms with Crippen LogP contribution in [0.4, 0.5) is 0 Å². The van der Waals surface area contributed by atoms with Crippen molar-refractivity contribution in [3.63, 3.8) is 0 Å². The van der Waals surface area contributed by atoms with E-state index in [1.165, 1.54) is 18.4 Å². The molecule has 17 heavy (non-hydrogen) atoms. The average Bonchev–Trinajstić information content (AvgIpc) is 2.72. The highest BCUT2D eigenvalue weighted by atomic mass is 32.1. The van der Waals surface area contributed by atoms with Crippen LogP contribution in [0.1, 0.15) is 30.9 Å². The van der Waals surface area contributed by atoms with E-state index in [9.17, 15) is 0 Å². The monoisotopic (exact) mass is 246 g/mol. The number of hydrogen-bond acceptors (Lipinski definition) is 2. The number of nitrogens with one attached hydrogen (secondary N) is 2. The van der Waals surface area contributed by atoms with E-state index in [2.05, 4.69) is 28.8 Å². The predicted octanol–water partition coefficient (Wildman–Crippen LogP) is 2.09. The molecule has 3 nitrogen and oxygen atoms in total. The minimum atomic E-state index is -0.249. The van der Waals surface area contributed by atoms with Gasteiger partial charge in [-0.1, -0.05) is 18.2 Å². The molecule has 1 aliphatic carbocycles. The summed E-state index contributed by atoms with van der Waals surface area (Å²) >= 11 is 5.31. The summed E-state index contributed by atoms with van der Waals surface area (Å²) in [5, 5.41) is 7.50. The summed E-state index contributed by atoms with van der Waals surface area (Å²) < 4.78 is 6.25. The molecule has 88 valence electrons. The molecule has 0 amide bonds. The van der Waals surface area contributed by atoms with Gasteiger partial charge in [0.05, 0.1) is 6.04 Å². The molecule has 2 heterocycles. The molecule has 3 aliphatic rings. The summed E-state index contributed by atoms with van der Waals surface area (Å²) in [5.74, 6) is 1.49. The Balaban J connectivity index is 1.91. The van der Waals surface area contributed by atoms with Crippen LogP contribution in [-0.4, -0.2) is 10.8 Å². The molecule has 0 aromatic heterocycles. The van der Waals surface area contributed by atoms with Crippen LogP contribution in [0.2, 0.25) is 0 Å². The molecule has 3 atom stereocenters. The maximum Gasteiger partial charge on any atom is 0.187 e. The van der Waals surface area contributed by atoms with Gasteiger partial charge in [-0.05, 0) is 31.1 Å². The number of fused-ring (bicyclic) bond motifs is 2. The first-order chi connectivity index (χ1) is 8.28. The molecule has 2 N–H and O–H groups in total. The Morgan fingerprint density at radius 3 is 3.18 bits per heavy atom. The van der Waals surface area contributed by atoms with Crippen molar-refractivity contribution < 1.29 is 4.74 Å². The topological polar surface area (TPSA) is 33.3 Å². The van der Waals surface area contributed by atoms with Gasteiger partial charge in [-0.2, -0.15) is 0 Å². The van der Waals surface area contributed by atoms with Crippen LogP contribution < -0.4 is 15.4 Å². The minimum absolute atomic E-state index is 0.249. The molecule has 2 aliphatic heterocycles. The third-order valence-electron chi connectivity index (χ3n) is 4.22. The lowest BCUT2D eigenvalue weighted by atomic mass is 9.82. The maximum absolute atomic E-state index is 6.25. The molecule has 1 saturated heterocycles. The van der Waals surface area contributed by atoms with Crippen LogP contribution in [0, 0.1) is 5.92 Å². The number of rotatable bonds is 0. The van der Waals surface area contributed by atoms with Crippen molar-refractivity contribution >= 4 is 17.3 Å². The highest BCUT2D eigenvalue weighted by molar-refractivity contribution is 7.80. The third-order valence-corrected chi connectivity index (χ3v) is 4.44. The molecule has 4 heteroatoms. The number of thiocarbonyl (C=S) groups is 1. The van der Waals surface area contributed by atoms with E-state index < -0.39 is 0 Å². The van der Waals surface area contributed by atoms with Gasteiger partial charge in [0.1, 0.15) is 5.75 Å². The van der Waals surface area contributed by atoms with Gasteiger partial charge in [0, 0.05) is 17.9 Å². The first-order valence-electron chi connectivity index (χ1n) is 6.15. The average molecular weight is 246 g/mol. The lowest BCUT2D eigenvalue weighted by molar-refractivity contribution is -0.0283. The zero-order chi connectivity index (χ0) is 11.5. The van der Waals surface area contributed by atoms with Crippen LogP contribution in [0.5, 0.6) is 5.75 Å². The van der Waals surface area contributed by atoms with E-state index >= 15 is 0 Å². The van der Waals surface area contributed by atoms with Crippen LogP contribution in [-0.2, 0) is 0 Å². The third kappa shape index (κ3) is 1.19. The molecule has 1 saturated carbocycles. The fourth-order valence-corrected chi connectivity index (χ4v) is 3.84. The first-order valence-corrected chi connectivity index (χ1v) is 6.56. The summed E-state index contributed by atoms with van der Waals surface area (Å²) in [4.78, 5) is 0. The summed E-state index contributed by atoms with van der Waals surface area (Å²) in [6.07, 6.45) is 3.44. The van der Waals surface area contributed by atoms with E-state index in [0.29, 0.717) is 12.0 Å². The van der Waals surface area contributed by atoms with Gasteiger partial charge in [-0.25, -0.2) is 0 Å². The van der Waals surface area contributed by atoms with Crippen molar-refractivity contribution in [1.82, 2.24) is 10.6 Å². The highest BCUT2D eigenvalue weighted by Crippen LogP contribution is 2.51. The quantitative estimate of drug-likeness (QED) is 0.687. The number of hydrogen-bond donors (Lipinski definition) is 2. The summed E-state index contributed by atoms with van der Waals surface area (Å²) in [5.41, 5.74) is 1.00. The van der Waals surface area contributed by atoms with Crippen molar-refractivity contribution in [1.29, 1.82) is 0 Å². The Labute approximate surface area is 106 Å². The van der Waals surface area contributed by atoms with Crippen molar-refractivity contribution in [2.45, 2.75) is 31.0 Å². The SMILES string of the molecule is S=C1N[C@H]2c3ccccc3O[C@@]3(CCC[C@@H]23)N1. The van der Waals surface area contributed by atoms with Gasteiger partial charge in [0.15, 0.2) is 10.8 Å². The Morgan fingerprint density at radius 1 is 1.35 bits per heavy atom. The number of ether oxygens (including phenoxy) is 1. The van der Waals surface area contributed by atoms with Crippen LogP contribution in [0.3, 0.4) is 0 Å². The molecule has 1 aromatic rings. The van der Waals surface area contributed by atoms with Crippen molar-refractivity contribution in [2.24, 2.45) is 5.92 Å². The molecule has 0 spiro atoms. The Bertz CT molecular complexity index is 504. The number of benzene rings is 1. The van der Waals surface area contributed by atoms with Gasteiger partial charge in [0.2, 0.25) is 0 Å². The molecule has 2 fully saturated rings. The Morgan fingerprint density at radius 2 is 2.24 bits per heavy atom. The molecule has 4 rings (SSSR count). The summed E-state index contributed by atoms with van der Waals surface area (Å²) in [6, 6.07) is 8.60. The van der Waals surface area contributed by atoms with Crippen molar-refractivity contribution in [3.8, 4) is 5.75 Å². The zero-order valence-corrected chi connectivity index (χ0v) is 10.2. The molecule has 2 bridgehead atoms. The Hall–Kier alpha value is -1.29. The maximum atomic E-state index is 6.25. The van der Waals surface area contributed by atoms with E-state index in [1.807, 2.05) is 6.07 Å². The van der Waals surface area contributed by atoms with E-state index in [-0.39, 0.29) is 5.72 Å². The fourth-order valence-electron chi connectivity index (χ4n) is 3.54. The minimum Gasteiger partial charge on any atom is -0.467 e. The van der Waals surface area contributed by atoms with E-state index in [4.69, 9.17) is 17.0 Å². The second kappa shape index (κ2) is 3.13. The molecule has 1 aromatic carbocycles. The van der Waals surface area contributed by atoms with E-state index in [0.717, 1.165) is 17.3 Å². The molecule has 0 radical (unpaired) electrons. The summed E-state index contributed by atoms with van der Waals surface area (Å²) in [6.45, 7) is 0. The predicted molar refractivity (Wildman–Crippen MR) is 68.8 cm³/mol. The van der Waals surface area contributed by atoms with E-state index in [1.54, 1.807) is 0 Å². The van der Waals surface area contributed by atoms with Gasteiger partial charge in [0.25, 0.3) is 0 Å². The molecular formula is C13H14N2OS. The lowest BCUT2D eigenvalue weighted by Gasteiger charge is -2.50. The van der Waals surface area contributed by atoms with Crippen LogP contribution in [0.25, 0.3) is 0 Å². The van der Waals surface area contributed by atoms with Crippen LogP contribution >= 0.6 is 12.2 Å². The smallest absolute Gasteiger partial charge is 0.187 e. The second-order valence-corrected chi connectivity index (χ2v) is 5.51. The largest absolute Gasteiger partial charge is 0.467 e. The lowest BCUT2D eigenvalue weighted by Crippen LogP contribution is -2.67. The summed E-state index contributed by atoms with van der Waals surface area (Å²) in [7, 11) is 0. The van der Waals surface area contributed by atoms with Gasteiger partial charge in [-0.15, -0.1) is 0 Å². The fraction of sp³-hybridized carbons (Fsp3) is 0.462. The Kier molecular flexibility index (Phi) is 1.79. The standard InChI is InChI=1S/C13H14N2OS/c17-12-14-11-8-4-1-2-6-10(8)16-13(15-12)7-3-5-9(11)13/h1-2,4,6,9,11H,3,5,7H2,(H2,14,15,17)/t9-,11-,13+/m0/s1. The van der Waals surface area contributed by atoms with Crippen LogP contribution in [0.15, 0.2) is 24.3 Å². The van der Waals surface area contributed by atoms with Crippen molar-refractivity contribution in [3.05, 3.63) is 29.8 Å². The van der Waals surface area contributed by atoms with Crippen molar-refractivity contribution in [2.75, 3.05) is 0 Å². The highest BCUT2D eigenvalue weighted by Gasteiger charge is 2.56. The molecular weight excluding hydrogens is 232 g/mol. The second-order valence-electron chi connectivity index (χ2n) is 5.10. The number of para-hydroxylation sites is 1. The molecule has 0 unspecified atom stereocenters. The van der Waals surface area contributed by atoms with Gasteiger partial charge < -0.3 is 15.4 Å². The zero-order valence-electron chi connectivity index (χ0n) is 9.40. The first kappa shape index (κ1) is 9.71. The van der Waals surface area contributed by atoms with Gasteiger partial charge >= 0.3 is 0 Å². The van der Waals surface area contributed by atoms with Gasteiger partial charge in [-0.3, -0.25) is 0 Å².